The van der Waals surface area contributed by atoms with Crippen LogP contribution in [-0.2, 0) is 23.9 Å². The van der Waals surface area contributed by atoms with Gasteiger partial charge in [0.25, 0.3) is 0 Å². The van der Waals surface area contributed by atoms with E-state index in [2.05, 4.69) is 11.4 Å². The summed E-state index contributed by atoms with van der Waals surface area (Å²) < 4.78 is 10.0. The fourth-order valence-electron chi connectivity index (χ4n) is 3.76. The van der Waals surface area contributed by atoms with Crippen LogP contribution in [0.25, 0.3) is 0 Å². The van der Waals surface area contributed by atoms with Crippen LogP contribution in [0.5, 0.6) is 0 Å². The molecule has 0 saturated carbocycles. The summed E-state index contributed by atoms with van der Waals surface area (Å²) in [6, 6.07) is 17.3. The molecule has 0 spiro atoms. The van der Waals surface area contributed by atoms with Crippen molar-refractivity contribution in [3.63, 3.8) is 0 Å². The van der Waals surface area contributed by atoms with E-state index in [1.54, 1.807) is 68.4 Å². The van der Waals surface area contributed by atoms with Crippen molar-refractivity contribution >= 4 is 29.2 Å². The van der Waals surface area contributed by atoms with Crippen LogP contribution in [0, 0.1) is 17.2 Å². The molecule has 0 saturated heterocycles. The summed E-state index contributed by atoms with van der Waals surface area (Å²) in [6.07, 6.45) is 0. The van der Waals surface area contributed by atoms with Crippen LogP contribution in [0.15, 0.2) is 77.3 Å². The lowest BCUT2D eigenvalue weighted by Gasteiger charge is -2.35. The summed E-state index contributed by atoms with van der Waals surface area (Å²) >= 11 is 0. The summed E-state index contributed by atoms with van der Waals surface area (Å²) in [4.78, 5) is 39.4. The lowest BCUT2D eigenvalue weighted by atomic mass is 9.81. The third-order valence-corrected chi connectivity index (χ3v) is 5.53. The zero-order valence-corrected chi connectivity index (χ0v) is 19.9. The summed E-state index contributed by atoms with van der Waals surface area (Å²) in [5.41, 5.74) is 7.79. The molecular weight excluding hydrogens is 448 g/mol. The Bertz CT molecular complexity index is 1240. The number of hydrogen-bond acceptors (Lipinski definition) is 8. The molecule has 35 heavy (non-hydrogen) atoms. The van der Waals surface area contributed by atoms with Gasteiger partial charge in [0.15, 0.2) is 0 Å². The van der Waals surface area contributed by atoms with Crippen LogP contribution in [0.2, 0.25) is 0 Å². The first-order valence-electron chi connectivity index (χ1n) is 10.8. The molecule has 9 heteroatoms. The highest BCUT2D eigenvalue weighted by Crippen LogP contribution is 2.43. The Balaban J connectivity index is 2.24. The van der Waals surface area contributed by atoms with Crippen molar-refractivity contribution < 1.29 is 23.9 Å². The summed E-state index contributed by atoms with van der Waals surface area (Å²) in [7, 11) is 2.38. The standard InChI is InChI=1S/C26H26N4O5/c1-15(2)24(31)29-17-10-12-18(13-11-17)30-22(26(33)35-4)21(25(32)34-3)20(19(14-27)23(30)28)16-8-6-5-7-9-16/h5-13,15,20H,28H2,1-4H3,(H,29,31). The number of benzene rings is 2. The third-order valence-electron chi connectivity index (χ3n) is 5.53. The van der Waals surface area contributed by atoms with Crippen LogP contribution in [-0.4, -0.2) is 32.1 Å². The largest absolute Gasteiger partial charge is 0.466 e. The van der Waals surface area contributed by atoms with Gasteiger partial charge in [0.2, 0.25) is 5.91 Å². The molecule has 9 nitrogen and oxygen atoms in total. The molecule has 1 unspecified atom stereocenters. The van der Waals surface area contributed by atoms with Crippen molar-refractivity contribution in [2.75, 3.05) is 24.4 Å². The Morgan fingerprint density at radius 3 is 2.11 bits per heavy atom. The predicted molar refractivity (Wildman–Crippen MR) is 129 cm³/mol. The van der Waals surface area contributed by atoms with Crippen LogP contribution in [0.4, 0.5) is 11.4 Å². The van der Waals surface area contributed by atoms with E-state index in [0.717, 1.165) is 0 Å². The normalized spacial score (nSPS) is 15.5. The Morgan fingerprint density at radius 2 is 1.60 bits per heavy atom. The number of nitrogens with one attached hydrogen (secondary N) is 1. The molecule has 1 heterocycles. The molecule has 0 bridgehead atoms. The van der Waals surface area contributed by atoms with Gasteiger partial charge in [-0.3, -0.25) is 9.69 Å². The maximum absolute atomic E-state index is 13.0. The smallest absolute Gasteiger partial charge is 0.355 e. The topological polar surface area (TPSA) is 135 Å². The number of rotatable bonds is 6. The van der Waals surface area contributed by atoms with Crippen LogP contribution < -0.4 is 16.0 Å². The highest BCUT2D eigenvalue weighted by Gasteiger charge is 2.42. The number of ether oxygens (including phenoxy) is 2. The van der Waals surface area contributed by atoms with E-state index >= 15 is 0 Å². The second-order valence-corrected chi connectivity index (χ2v) is 8.03. The maximum atomic E-state index is 13.0. The lowest BCUT2D eigenvalue weighted by molar-refractivity contribution is -0.139. The number of carbonyl (C=O) groups is 3. The van der Waals surface area contributed by atoms with E-state index in [4.69, 9.17) is 15.2 Å². The van der Waals surface area contributed by atoms with E-state index in [1.165, 1.54) is 19.1 Å². The van der Waals surface area contributed by atoms with E-state index in [1.807, 2.05) is 0 Å². The number of methoxy groups -OCH3 is 2. The number of nitriles is 1. The molecular formula is C26H26N4O5. The van der Waals surface area contributed by atoms with Gasteiger partial charge in [0.05, 0.1) is 37.4 Å². The van der Waals surface area contributed by atoms with Crippen LogP contribution in [0.1, 0.15) is 25.3 Å². The zero-order chi connectivity index (χ0) is 25.7. The second kappa shape index (κ2) is 10.6. The average Bonchev–Trinajstić information content (AvgIpc) is 2.87. The molecule has 3 rings (SSSR count). The fraction of sp³-hybridized carbons (Fsp3) is 0.231. The quantitative estimate of drug-likeness (QED) is 0.610. The Hall–Kier alpha value is -4.58. The first kappa shape index (κ1) is 25.1. The highest BCUT2D eigenvalue weighted by molar-refractivity contribution is 6.06. The van der Waals surface area contributed by atoms with E-state index in [9.17, 15) is 19.6 Å². The zero-order valence-electron chi connectivity index (χ0n) is 19.9. The fourth-order valence-corrected chi connectivity index (χ4v) is 3.76. The number of amides is 1. The molecule has 3 N–H and O–H groups in total. The number of carbonyl (C=O) groups excluding carboxylic acids is 3. The minimum Gasteiger partial charge on any atom is -0.466 e. The van der Waals surface area contributed by atoms with Gasteiger partial charge in [-0.15, -0.1) is 0 Å². The summed E-state index contributed by atoms with van der Waals surface area (Å²) in [5, 5.41) is 12.8. The van der Waals surface area contributed by atoms with Crippen LogP contribution in [0.3, 0.4) is 0 Å². The van der Waals surface area contributed by atoms with Gasteiger partial charge in [-0.1, -0.05) is 44.2 Å². The molecule has 0 aliphatic carbocycles. The van der Waals surface area contributed by atoms with Crippen molar-refractivity contribution in [2.45, 2.75) is 19.8 Å². The van der Waals surface area contributed by atoms with Crippen molar-refractivity contribution in [1.82, 2.24) is 0 Å². The van der Waals surface area contributed by atoms with Crippen LogP contribution >= 0.6 is 0 Å². The van der Waals surface area contributed by atoms with Gasteiger partial charge in [0.1, 0.15) is 11.5 Å². The summed E-state index contributed by atoms with van der Waals surface area (Å²) in [5.74, 6) is -2.97. The van der Waals surface area contributed by atoms with E-state index in [0.29, 0.717) is 16.9 Å². The number of nitrogens with two attached hydrogens (primary N) is 1. The highest BCUT2D eigenvalue weighted by atomic mass is 16.5. The molecule has 2 aromatic carbocycles. The molecule has 0 fully saturated rings. The monoisotopic (exact) mass is 474 g/mol. The Kier molecular flexibility index (Phi) is 7.56. The molecule has 0 aromatic heterocycles. The van der Waals surface area contributed by atoms with Gasteiger partial charge in [0, 0.05) is 17.3 Å². The SMILES string of the molecule is COC(=O)C1=C(C(=O)OC)N(c2ccc(NC(=O)C(C)C)cc2)C(N)=C(C#N)C1c1ccccc1. The minimum absolute atomic E-state index is 0.0339. The van der Waals surface area contributed by atoms with E-state index in [-0.39, 0.29) is 34.5 Å². The number of nitrogens with zero attached hydrogens (tertiary/aromatic N) is 2. The van der Waals surface area contributed by atoms with Gasteiger partial charge in [-0.2, -0.15) is 5.26 Å². The minimum atomic E-state index is -0.941. The Labute approximate surface area is 203 Å². The number of anilines is 2. The van der Waals surface area contributed by atoms with Gasteiger partial charge < -0.3 is 20.5 Å². The number of hydrogen-bond donors (Lipinski definition) is 2. The van der Waals surface area contributed by atoms with Crippen molar-refractivity contribution in [2.24, 2.45) is 11.7 Å². The number of esters is 2. The Morgan fingerprint density at radius 1 is 1.00 bits per heavy atom. The molecule has 1 amide bonds. The lowest BCUT2D eigenvalue weighted by Crippen LogP contribution is -2.40. The first-order chi connectivity index (χ1) is 16.7. The van der Waals surface area contributed by atoms with E-state index < -0.39 is 17.9 Å². The van der Waals surface area contributed by atoms with Crippen molar-refractivity contribution in [3.8, 4) is 6.07 Å². The molecule has 1 aliphatic rings. The van der Waals surface area contributed by atoms with Gasteiger partial charge in [-0.05, 0) is 29.8 Å². The molecule has 2 aromatic rings. The predicted octanol–water partition coefficient (Wildman–Crippen LogP) is 3.18. The molecule has 1 aliphatic heterocycles. The van der Waals surface area contributed by atoms with Crippen molar-refractivity contribution in [1.29, 1.82) is 5.26 Å². The third kappa shape index (κ3) is 4.87. The number of allylic oxidation sites excluding steroid dienone is 1. The molecule has 180 valence electrons. The van der Waals surface area contributed by atoms with Gasteiger partial charge >= 0.3 is 11.9 Å². The second-order valence-electron chi connectivity index (χ2n) is 8.03. The van der Waals surface area contributed by atoms with Crippen molar-refractivity contribution in [3.05, 3.63) is 82.8 Å². The first-order valence-corrected chi connectivity index (χ1v) is 10.8. The molecule has 1 atom stereocenters. The molecule has 0 radical (unpaired) electrons. The van der Waals surface area contributed by atoms with Gasteiger partial charge in [-0.25, -0.2) is 9.59 Å². The summed E-state index contributed by atoms with van der Waals surface area (Å²) in [6.45, 7) is 3.55. The average molecular weight is 475 g/mol. The maximum Gasteiger partial charge on any atom is 0.355 e.